The molecule has 0 aliphatic carbocycles. The fraction of sp³-hybridized carbons (Fsp3) is 1.00. The summed E-state index contributed by atoms with van der Waals surface area (Å²) in [7, 11) is -2.17. The van der Waals surface area contributed by atoms with Gasteiger partial charge < -0.3 is 20.2 Å². The van der Waals surface area contributed by atoms with Crippen molar-refractivity contribution in [3.63, 3.8) is 0 Å². The Labute approximate surface area is 78.1 Å². The monoisotopic (exact) mass is 195 g/mol. The van der Waals surface area contributed by atoms with Crippen LogP contribution in [0.5, 0.6) is 0 Å². The van der Waals surface area contributed by atoms with Crippen LogP contribution < -0.4 is 5.90 Å². The van der Waals surface area contributed by atoms with Gasteiger partial charge in [-0.05, 0) is 27.7 Å². The Hall–Kier alpha value is -0.175. The average Bonchev–Trinajstić information content (AvgIpc) is 1.84. The predicted molar refractivity (Wildman–Crippen MR) is 48.1 cm³/mol. The lowest BCUT2D eigenvalue weighted by Gasteiger charge is -2.34. The second-order valence-electron chi connectivity index (χ2n) is 3.53. The summed E-state index contributed by atoms with van der Waals surface area (Å²) in [5, 5.41) is 30.8. The van der Waals surface area contributed by atoms with Crippen molar-refractivity contribution in [2.24, 2.45) is 5.90 Å². The van der Waals surface area contributed by atoms with Crippen molar-refractivity contribution < 1.29 is 25.0 Å². The van der Waals surface area contributed by atoms with Gasteiger partial charge in [0.2, 0.25) is 0 Å². The molecule has 0 saturated carbocycles. The fourth-order valence-corrected chi connectivity index (χ4v) is 0.144. The van der Waals surface area contributed by atoms with Crippen LogP contribution in [0, 0.1) is 0 Å². The Kier molecular flexibility index (Phi) is 6.51. The van der Waals surface area contributed by atoms with Crippen LogP contribution in [-0.4, -0.2) is 38.7 Å². The largest absolute Gasteiger partial charge is 0.631 e. The Bertz CT molecular complexity index is 131. The Morgan fingerprint density at radius 2 is 1.31 bits per heavy atom. The maximum Gasteiger partial charge on any atom is 0.631 e. The van der Waals surface area contributed by atoms with E-state index in [1.54, 1.807) is 27.7 Å². The minimum absolute atomic E-state index is 0.688. The molecule has 7 heteroatoms. The summed E-state index contributed by atoms with van der Waals surface area (Å²) >= 11 is 0. The molecule has 0 bridgehead atoms. The SMILES string of the molecule is CC(C)(O)C(C)(C)ON.OB(O)O. The Morgan fingerprint density at radius 1 is 1.08 bits per heavy atom. The van der Waals surface area contributed by atoms with Gasteiger partial charge in [-0.25, -0.2) is 5.90 Å². The van der Waals surface area contributed by atoms with E-state index in [1.165, 1.54) is 0 Å². The summed E-state index contributed by atoms with van der Waals surface area (Å²) in [6.07, 6.45) is 0. The smallest absolute Gasteiger partial charge is 0.402 e. The third-order valence-corrected chi connectivity index (χ3v) is 1.77. The van der Waals surface area contributed by atoms with Crippen LogP contribution in [0.25, 0.3) is 0 Å². The molecule has 80 valence electrons. The molecule has 13 heavy (non-hydrogen) atoms. The molecule has 0 aliphatic heterocycles. The van der Waals surface area contributed by atoms with Gasteiger partial charge in [0.05, 0.1) is 5.60 Å². The van der Waals surface area contributed by atoms with Crippen molar-refractivity contribution in [3.05, 3.63) is 0 Å². The highest BCUT2D eigenvalue weighted by molar-refractivity contribution is 6.30. The minimum Gasteiger partial charge on any atom is -0.402 e. The van der Waals surface area contributed by atoms with Crippen LogP contribution in [0.3, 0.4) is 0 Å². The summed E-state index contributed by atoms with van der Waals surface area (Å²) in [4.78, 5) is 4.55. The highest BCUT2D eigenvalue weighted by Gasteiger charge is 2.35. The molecule has 6 N–H and O–H groups in total. The van der Waals surface area contributed by atoms with E-state index in [9.17, 15) is 5.11 Å². The summed E-state index contributed by atoms with van der Waals surface area (Å²) in [6, 6.07) is 0. The van der Waals surface area contributed by atoms with Crippen LogP contribution in [-0.2, 0) is 4.84 Å². The van der Waals surface area contributed by atoms with Crippen molar-refractivity contribution in [3.8, 4) is 0 Å². The average molecular weight is 195 g/mol. The maximum atomic E-state index is 9.34. The molecular weight excluding hydrogens is 177 g/mol. The van der Waals surface area contributed by atoms with E-state index in [2.05, 4.69) is 4.84 Å². The summed E-state index contributed by atoms with van der Waals surface area (Å²) in [5.74, 6) is 4.93. The van der Waals surface area contributed by atoms with Gasteiger partial charge in [-0.1, -0.05) is 0 Å². The first-order chi connectivity index (χ1) is 5.54. The Morgan fingerprint density at radius 3 is 1.31 bits per heavy atom. The van der Waals surface area contributed by atoms with Gasteiger partial charge in [0.25, 0.3) is 0 Å². The molecule has 0 rings (SSSR count). The van der Waals surface area contributed by atoms with E-state index >= 15 is 0 Å². The molecule has 0 aromatic heterocycles. The molecule has 0 amide bonds. The molecule has 0 unspecified atom stereocenters. The van der Waals surface area contributed by atoms with Gasteiger partial charge in [0, 0.05) is 0 Å². The minimum atomic E-state index is -2.17. The zero-order valence-corrected chi connectivity index (χ0v) is 8.35. The topological polar surface area (TPSA) is 116 Å². The second-order valence-corrected chi connectivity index (χ2v) is 3.53. The van der Waals surface area contributed by atoms with Crippen LogP contribution in [0.1, 0.15) is 27.7 Å². The van der Waals surface area contributed by atoms with Crippen molar-refractivity contribution in [1.29, 1.82) is 0 Å². The van der Waals surface area contributed by atoms with Gasteiger partial charge in [-0.2, -0.15) is 0 Å². The van der Waals surface area contributed by atoms with Crippen LogP contribution in [0.15, 0.2) is 0 Å². The van der Waals surface area contributed by atoms with Gasteiger partial charge in [-0.3, -0.25) is 4.84 Å². The van der Waals surface area contributed by atoms with Gasteiger partial charge >= 0.3 is 7.32 Å². The van der Waals surface area contributed by atoms with Crippen molar-refractivity contribution in [2.45, 2.75) is 38.9 Å². The number of rotatable bonds is 2. The van der Waals surface area contributed by atoms with Crippen molar-refractivity contribution in [1.82, 2.24) is 0 Å². The first kappa shape index (κ1) is 15.3. The zero-order valence-electron chi connectivity index (χ0n) is 8.35. The Balaban J connectivity index is 0. The molecule has 0 aromatic rings. The first-order valence-electron chi connectivity index (χ1n) is 3.69. The standard InChI is InChI=1S/C6H15NO2.BH3O3/c1-5(2,8)6(3,4)9-7;2-1(3)4/h8H,7H2,1-4H3;2-4H. The first-order valence-corrected chi connectivity index (χ1v) is 3.69. The van der Waals surface area contributed by atoms with Gasteiger partial charge in [-0.15, -0.1) is 0 Å². The zero-order chi connectivity index (χ0) is 11.3. The number of nitrogens with two attached hydrogens (primary N) is 1. The van der Waals surface area contributed by atoms with E-state index in [1.807, 2.05) is 0 Å². The molecule has 0 atom stereocenters. The summed E-state index contributed by atoms with van der Waals surface area (Å²) < 4.78 is 0. The lowest BCUT2D eigenvalue weighted by Crippen LogP contribution is -2.48. The van der Waals surface area contributed by atoms with E-state index in [-0.39, 0.29) is 0 Å². The van der Waals surface area contributed by atoms with E-state index < -0.39 is 18.5 Å². The second kappa shape index (κ2) is 5.53. The van der Waals surface area contributed by atoms with E-state index in [4.69, 9.17) is 21.0 Å². The van der Waals surface area contributed by atoms with Crippen LogP contribution in [0.2, 0.25) is 0 Å². The summed E-state index contributed by atoms with van der Waals surface area (Å²) in [6.45, 7) is 6.76. The number of aliphatic hydroxyl groups is 1. The molecule has 0 saturated heterocycles. The molecule has 6 nitrogen and oxygen atoms in total. The van der Waals surface area contributed by atoms with Gasteiger partial charge in [0.15, 0.2) is 0 Å². The van der Waals surface area contributed by atoms with Crippen molar-refractivity contribution >= 4 is 7.32 Å². The lowest BCUT2D eigenvalue weighted by molar-refractivity contribution is -0.149. The molecule has 0 aromatic carbocycles. The van der Waals surface area contributed by atoms with E-state index in [0.717, 1.165) is 0 Å². The molecule has 0 aliphatic rings. The maximum absolute atomic E-state index is 9.34. The molecule has 0 fully saturated rings. The fourth-order valence-electron chi connectivity index (χ4n) is 0.144. The number of hydrogen-bond acceptors (Lipinski definition) is 6. The quantitative estimate of drug-likeness (QED) is 0.267. The third kappa shape index (κ3) is 8.16. The molecule has 0 radical (unpaired) electrons. The summed E-state index contributed by atoms with van der Waals surface area (Å²) in [5.41, 5.74) is -1.59. The molecule has 0 spiro atoms. The van der Waals surface area contributed by atoms with E-state index in [0.29, 0.717) is 0 Å². The third-order valence-electron chi connectivity index (χ3n) is 1.77. The van der Waals surface area contributed by atoms with Gasteiger partial charge in [0.1, 0.15) is 5.60 Å². The highest BCUT2D eigenvalue weighted by atomic mass is 16.6. The van der Waals surface area contributed by atoms with Crippen molar-refractivity contribution in [2.75, 3.05) is 0 Å². The molecule has 0 heterocycles. The predicted octanol–water partition coefficient (Wildman–Crippen LogP) is -1.63. The normalized spacial score (nSPS) is 11.8. The van der Waals surface area contributed by atoms with Crippen LogP contribution in [0.4, 0.5) is 0 Å². The molecular formula is C6H18BNO5. The van der Waals surface area contributed by atoms with Crippen LogP contribution >= 0.6 is 0 Å². The highest BCUT2D eigenvalue weighted by Crippen LogP contribution is 2.22. The number of hydrogen-bond donors (Lipinski definition) is 5. The lowest BCUT2D eigenvalue weighted by atomic mass is 9.90.